The van der Waals surface area contributed by atoms with E-state index >= 15 is 0 Å². The lowest BCUT2D eigenvalue weighted by molar-refractivity contribution is 0.354. The Labute approximate surface area is 151 Å². The fourth-order valence-electron chi connectivity index (χ4n) is 2.43. The number of hydrazone groups is 1. The van der Waals surface area contributed by atoms with E-state index in [2.05, 4.69) is 10.5 Å². The molecule has 0 saturated carbocycles. The van der Waals surface area contributed by atoms with Crippen LogP contribution in [0.1, 0.15) is 11.3 Å². The minimum atomic E-state index is -0.276. The number of benzene rings is 2. The van der Waals surface area contributed by atoms with E-state index in [1.165, 1.54) is 12.1 Å². The van der Waals surface area contributed by atoms with Crippen molar-refractivity contribution in [2.24, 2.45) is 5.10 Å². The summed E-state index contributed by atoms with van der Waals surface area (Å²) in [6, 6.07) is 15.4. The SMILES string of the molecule is COc1ccc(CN/N=C/c2ccc(-c3ccc(F)cc3)o2)cc1OC. The fraction of sp³-hybridized carbons (Fsp3) is 0.150. The summed E-state index contributed by atoms with van der Waals surface area (Å²) in [7, 11) is 3.20. The lowest BCUT2D eigenvalue weighted by Gasteiger charge is -2.09. The van der Waals surface area contributed by atoms with Crippen molar-refractivity contribution >= 4 is 6.21 Å². The van der Waals surface area contributed by atoms with Gasteiger partial charge in [0.15, 0.2) is 11.5 Å². The maximum Gasteiger partial charge on any atom is 0.161 e. The molecule has 0 radical (unpaired) electrons. The van der Waals surface area contributed by atoms with Crippen LogP contribution in [0.25, 0.3) is 11.3 Å². The molecule has 0 aliphatic rings. The molecule has 3 rings (SSSR count). The third-order valence-electron chi connectivity index (χ3n) is 3.77. The molecule has 2 aromatic carbocycles. The van der Waals surface area contributed by atoms with Crippen molar-refractivity contribution in [1.29, 1.82) is 0 Å². The van der Waals surface area contributed by atoms with Crippen LogP contribution in [0, 0.1) is 5.82 Å². The molecule has 5 nitrogen and oxygen atoms in total. The van der Waals surface area contributed by atoms with Crippen LogP contribution in [-0.2, 0) is 6.54 Å². The number of methoxy groups -OCH3 is 2. The maximum absolute atomic E-state index is 13.0. The Morgan fingerprint density at radius 1 is 1.00 bits per heavy atom. The van der Waals surface area contributed by atoms with Crippen LogP contribution in [0.4, 0.5) is 4.39 Å². The van der Waals surface area contributed by atoms with Gasteiger partial charge in [0, 0.05) is 5.56 Å². The van der Waals surface area contributed by atoms with Crippen molar-refractivity contribution in [3.63, 3.8) is 0 Å². The molecule has 0 fully saturated rings. The number of nitrogens with zero attached hydrogens (tertiary/aromatic N) is 1. The molecule has 1 heterocycles. The third kappa shape index (κ3) is 4.22. The van der Waals surface area contributed by atoms with Crippen LogP contribution >= 0.6 is 0 Å². The van der Waals surface area contributed by atoms with Gasteiger partial charge in [-0.05, 0) is 54.1 Å². The van der Waals surface area contributed by atoms with Crippen molar-refractivity contribution in [2.45, 2.75) is 6.54 Å². The van der Waals surface area contributed by atoms with Gasteiger partial charge in [0.05, 0.1) is 27.0 Å². The molecule has 0 bridgehead atoms. The van der Waals surface area contributed by atoms with Gasteiger partial charge in [-0.3, -0.25) is 0 Å². The second-order valence-electron chi connectivity index (χ2n) is 5.49. The molecule has 0 saturated heterocycles. The zero-order valence-electron chi connectivity index (χ0n) is 14.5. The highest BCUT2D eigenvalue weighted by Crippen LogP contribution is 2.27. The Morgan fingerprint density at radius 2 is 1.77 bits per heavy atom. The number of furan rings is 1. The number of hydrogen-bond acceptors (Lipinski definition) is 5. The number of nitrogens with one attached hydrogen (secondary N) is 1. The minimum absolute atomic E-state index is 0.276. The van der Waals surface area contributed by atoms with Gasteiger partial charge < -0.3 is 19.3 Å². The number of rotatable bonds is 7. The Morgan fingerprint density at radius 3 is 2.50 bits per heavy atom. The third-order valence-corrected chi connectivity index (χ3v) is 3.77. The molecule has 6 heteroatoms. The highest BCUT2D eigenvalue weighted by atomic mass is 19.1. The normalized spacial score (nSPS) is 10.9. The van der Waals surface area contributed by atoms with Gasteiger partial charge in [-0.2, -0.15) is 5.10 Å². The molecule has 0 amide bonds. The summed E-state index contributed by atoms with van der Waals surface area (Å²) in [5.74, 6) is 2.34. The Balaban J connectivity index is 1.58. The summed E-state index contributed by atoms with van der Waals surface area (Å²) < 4.78 is 29.1. The van der Waals surface area contributed by atoms with E-state index < -0.39 is 0 Å². The Kier molecular flexibility index (Phi) is 5.53. The smallest absolute Gasteiger partial charge is 0.161 e. The number of ether oxygens (including phenoxy) is 2. The lowest BCUT2D eigenvalue weighted by Crippen LogP contribution is -2.05. The zero-order valence-corrected chi connectivity index (χ0v) is 14.5. The molecule has 134 valence electrons. The lowest BCUT2D eigenvalue weighted by atomic mass is 10.2. The molecule has 26 heavy (non-hydrogen) atoms. The molecule has 0 aliphatic carbocycles. The monoisotopic (exact) mass is 354 g/mol. The number of halogens is 1. The second kappa shape index (κ2) is 8.20. The molecule has 1 aromatic heterocycles. The topological polar surface area (TPSA) is 56.0 Å². The molecule has 1 N–H and O–H groups in total. The average molecular weight is 354 g/mol. The van der Waals surface area contributed by atoms with Gasteiger partial charge in [-0.25, -0.2) is 4.39 Å². The van der Waals surface area contributed by atoms with E-state index in [-0.39, 0.29) is 5.82 Å². The average Bonchev–Trinajstić information content (AvgIpc) is 3.14. The van der Waals surface area contributed by atoms with Crippen molar-refractivity contribution < 1.29 is 18.3 Å². The van der Waals surface area contributed by atoms with E-state index in [1.54, 1.807) is 38.6 Å². The van der Waals surface area contributed by atoms with Crippen LogP contribution < -0.4 is 14.9 Å². The van der Waals surface area contributed by atoms with E-state index in [0.29, 0.717) is 29.6 Å². The van der Waals surface area contributed by atoms with Crippen molar-refractivity contribution in [3.8, 4) is 22.8 Å². The highest BCUT2D eigenvalue weighted by molar-refractivity contribution is 5.77. The molecule has 3 aromatic rings. The van der Waals surface area contributed by atoms with Gasteiger partial charge in [0.1, 0.15) is 17.3 Å². The zero-order chi connectivity index (χ0) is 18.4. The summed E-state index contributed by atoms with van der Waals surface area (Å²) in [6.07, 6.45) is 1.59. The Bertz CT molecular complexity index is 888. The molecular formula is C20H19FN2O3. The van der Waals surface area contributed by atoms with E-state index in [9.17, 15) is 4.39 Å². The summed E-state index contributed by atoms with van der Waals surface area (Å²) in [4.78, 5) is 0. The highest BCUT2D eigenvalue weighted by Gasteiger charge is 2.05. The van der Waals surface area contributed by atoms with E-state index in [4.69, 9.17) is 13.9 Å². The van der Waals surface area contributed by atoms with Gasteiger partial charge in [-0.1, -0.05) is 6.07 Å². The molecule has 0 unspecified atom stereocenters. The molecule has 0 atom stereocenters. The first-order valence-electron chi connectivity index (χ1n) is 8.02. The van der Waals surface area contributed by atoms with Crippen molar-refractivity contribution in [1.82, 2.24) is 5.43 Å². The summed E-state index contributed by atoms with van der Waals surface area (Å²) in [5, 5.41) is 4.16. The standard InChI is InChI=1S/C20H19FN2O3/c1-24-19-9-3-14(11-20(19)25-2)12-22-23-13-17-8-10-18(26-17)15-4-6-16(21)7-5-15/h3-11,13,22H,12H2,1-2H3/b23-13+. The summed E-state index contributed by atoms with van der Waals surface area (Å²) in [6.45, 7) is 0.530. The second-order valence-corrected chi connectivity index (χ2v) is 5.49. The van der Waals surface area contributed by atoms with Gasteiger partial charge in [0.25, 0.3) is 0 Å². The van der Waals surface area contributed by atoms with E-state index in [0.717, 1.165) is 11.1 Å². The van der Waals surface area contributed by atoms with Gasteiger partial charge >= 0.3 is 0 Å². The van der Waals surface area contributed by atoms with Crippen LogP contribution in [0.3, 0.4) is 0 Å². The van der Waals surface area contributed by atoms with E-state index in [1.807, 2.05) is 24.3 Å². The largest absolute Gasteiger partial charge is 0.493 e. The predicted molar refractivity (Wildman–Crippen MR) is 98.1 cm³/mol. The first kappa shape index (κ1) is 17.5. The van der Waals surface area contributed by atoms with Crippen LogP contribution in [0.2, 0.25) is 0 Å². The van der Waals surface area contributed by atoms with Crippen molar-refractivity contribution in [3.05, 3.63) is 71.7 Å². The molecule has 0 spiro atoms. The summed E-state index contributed by atoms with van der Waals surface area (Å²) >= 11 is 0. The van der Waals surface area contributed by atoms with Gasteiger partial charge in [-0.15, -0.1) is 0 Å². The van der Waals surface area contributed by atoms with Gasteiger partial charge in [0.2, 0.25) is 0 Å². The Hall–Kier alpha value is -3.28. The predicted octanol–water partition coefficient (Wildman–Crippen LogP) is 4.23. The number of hydrogen-bond donors (Lipinski definition) is 1. The molecular weight excluding hydrogens is 335 g/mol. The van der Waals surface area contributed by atoms with Crippen LogP contribution in [0.15, 0.2) is 64.1 Å². The van der Waals surface area contributed by atoms with Crippen LogP contribution in [-0.4, -0.2) is 20.4 Å². The fourth-order valence-corrected chi connectivity index (χ4v) is 2.43. The first-order valence-corrected chi connectivity index (χ1v) is 8.02. The van der Waals surface area contributed by atoms with Crippen molar-refractivity contribution in [2.75, 3.05) is 14.2 Å². The molecule has 0 aliphatic heterocycles. The maximum atomic E-state index is 13.0. The minimum Gasteiger partial charge on any atom is -0.493 e. The van der Waals surface area contributed by atoms with Crippen LogP contribution in [0.5, 0.6) is 11.5 Å². The quantitative estimate of drug-likeness (QED) is 0.510. The summed E-state index contributed by atoms with van der Waals surface area (Å²) in [5.41, 5.74) is 4.77. The first-order chi connectivity index (χ1) is 12.7.